The number of aromatic nitrogens is 2. The van der Waals surface area contributed by atoms with Gasteiger partial charge < -0.3 is 15.4 Å². The van der Waals surface area contributed by atoms with Gasteiger partial charge in [0.15, 0.2) is 5.82 Å². The van der Waals surface area contributed by atoms with Gasteiger partial charge in [-0.2, -0.15) is 4.98 Å². The molecule has 2 rings (SSSR count). The summed E-state index contributed by atoms with van der Waals surface area (Å²) in [5, 5.41) is 13.1. The van der Waals surface area contributed by atoms with Crippen molar-refractivity contribution in [1.29, 1.82) is 0 Å². The smallest absolute Gasteiger partial charge is 0.257 e. The first-order valence-electron chi connectivity index (χ1n) is 5.12. The second-order valence-electron chi connectivity index (χ2n) is 3.54. The Hall–Kier alpha value is -2.04. The number of anilines is 1. The topological polar surface area (TPSA) is 85.2 Å². The van der Waals surface area contributed by atoms with E-state index in [0.717, 1.165) is 12.8 Å². The van der Waals surface area contributed by atoms with Crippen molar-refractivity contribution < 1.29 is 9.63 Å². The third-order valence-corrected chi connectivity index (χ3v) is 2.22. The number of rotatable bonds is 3. The summed E-state index contributed by atoms with van der Waals surface area (Å²) in [6, 6.07) is 4.81. The molecule has 1 heterocycles. The van der Waals surface area contributed by atoms with Gasteiger partial charge in [0.2, 0.25) is 0 Å². The number of hydrogen-bond donors (Lipinski definition) is 2. The first-order chi connectivity index (χ1) is 7.70. The predicted octanol–water partition coefficient (Wildman–Crippen LogP) is 1.98. The van der Waals surface area contributed by atoms with Crippen LogP contribution in [0.25, 0.3) is 11.5 Å². The van der Waals surface area contributed by atoms with Crippen LogP contribution in [0.2, 0.25) is 0 Å². The van der Waals surface area contributed by atoms with Crippen molar-refractivity contribution in [3.63, 3.8) is 0 Å². The Balaban J connectivity index is 2.31. The van der Waals surface area contributed by atoms with Crippen LogP contribution in [0.4, 0.5) is 5.69 Å². The zero-order chi connectivity index (χ0) is 11.5. The zero-order valence-electron chi connectivity index (χ0n) is 8.97. The molecule has 0 aliphatic rings. The second-order valence-corrected chi connectivity index (χ2v) is 3.54. The Labute approximate surface area is 92.9 Å². The minimum absolute atomic E-state index is 0.0528. The minimum atomic E-state index is 0.0528. The Bertz CT molecular complexity index is 494. The summed E-state index contributed by atoms with van der Waals surface area (Å²) < 4.78 is 5.10. The van der Waals surface area contributed by atoms with Crippen LogP contribution in [-0.2, 0) is 6.42 Å². The van der Waals surface area contributed by atoms with Crippen LogP contribution < -0.4 is 5.73 Å². The molecule has 16 heavy (non-hydrogen) atoms. The number of nitrogens with two attached hydrogens (primary N) is 1. The summed E-state index contributed by atoms with van der Waals surface area (Å²) in [4.78, 5) is 4.23. The summed E-state index contributed by atoms with van der Waals surface area (Å²) in [5.41, 5.74) is 6.60. The number of phenolic OH excluding ortho intramolecular Hbond substituents is 1. The standard InChI is InChI=1S/C11H13N3O2/c1-2-3-10-13-11(16-14-10)7-4-5-9(15)8(12)6-7/h4-6,15H,2-3,12H2,1H3. The minimum Gasteiger partial charge on any atom is -0.506 e. The summed E-state index contributed by atoms with van der Waals surface area (Å²) in [5.74, 6) is 1.16. The van der Waals surface area contributed by atoms with Gasteiger partial charge in [-0.25, -0.2) is 0 Å². The molecule has 0 bridgehead atoms. The fourth-order valence-corrected chi connectivity index (χ4v) is 1.38. The van der Waals surface area contributed by atoms with Crippen molar-refractivity contribution in [3.8, 4) is 17.2 Å². The second kappa shape index (κ2) is 4.22. The van der Waals surface area contributed by atoms with Crippen molar-refractivity contribution >= 4 is 5.69 Å². The first-order valence-corrected chi connectivity index (χ1v) is 5.12. The van der Waals surface area contributed by atoms with Crippen molar-refractivity contribution in [3.05, 3.63) is 24.0 Å². The number of nitrogens with zero attached hydrogens (tertiary/aromatic N) is 2. The highest BCUT2D eigenvalue weighted by atomic mass is 16.5. The maximum atomic E-state index is 9.29. The van der Waals surface area contributed by atoms with E-state index >= 15 is 0 Å². The number of benzene rings is 1. The molecule has 3 N–H and O–H groups in total. The van der Waals surface area contributed by atoms with Gasteiger partial charge in [0.05, 0.1) is 5.69 Å². The third kappa shape index (κ3) is 1.98. The molecule has 0 amide bonds. The quantitative estimate of drug-likeness (QED) is 0.609. The lowest BCUT2D eigenvalue weighted by molar-refractivity contribution is 0.422. The van der Waals surface area contributed by atoms with E-state index in [1.54, 1.807) is 12.1 Å². The Morgan fingerprint density at radius 3 is 2.94 bits per heavy atom. The van der Waals surface area contributed by atoms with Crippen LogP contribution >= 0.6 is 0 Å². The molecule has 0 radical (unpaired) electrons. The van der Waals surface area contributed by atoms with Gasteiger partial charge in [-0.15, -0.1) is 0 Å². The molecule has 0 unspecified atom stereocenters. The molecular formula is C11H13N3O2. The molecule has 0 spiro atoms. The predicted molar refractivity (Wildman–Crippen MR) is 59.8 cm³/mol. The molecule has 5 heteroatoms. The SMILES string of the molecule is CCCc1noc(-c2ccc(O)c(N)c2)n1. The highest BCUT2D eigenvalue weighted by molar-refractivity contribution is 5.64. The van der Waals surface area contributed by atoms with E-state index in [1.807, 2.05) is 0 Å². The summed E-state index contributed by atoms with van der Waals surface area (Å²) >= 11 is 0. The molecule has 0 aliphatic heterocycles. The van der Waals surface area contributed by atoms with E-state index in [0.29, 0.717) is 23.0 Å². The van der Waals surface area contributed by atoms with Crippen LogP contribution in [0.5, 0.6) is 5.75 Å². The number of phenols is 1. The van der Waals surface area contributed by atoms with Crippen LogP contribution in [0.3, 0.4) is 0 Å². The average Bonchev–Trinajstić information content (AvgIpc) is 2.71. The van der Waals surface area contributed by atoms with E-state index in [9.17, 15) is 5.11 Å². The summed E-state index contributed by atoms with van der Waals surface area (Å²) in [7, 11) is 0. The molecule has 0 atom stereocenters. The number of aryl methyl sites for hydroxylation is 1. The Morgan fingerprint density at radius 1 is 1.44 bits per heavy atom. The molecule has 1 aromatic heterocycles. The molecular weight excluding hydrogens is 206 g/mol. The van der Waals surface area contributed by atoms with Gasteiger partial charge in [0, 0.05) is 12.0 Å². The normalized spacial score (nSPS) is 10.6. The van der Waals surface area contributed by atoms with E-state index in [4.69, 9.17) is 10.3 Å². The lowest BCUT2D eigenvalue weighted by atomic mass is 10.2. The molecule has 0 fully saturated rings. The van der Waals surface area contributed by atoms with Gasteiger partial charge in [0.25, 0.3) is 5.89 Å². The number of aromatic hydroxyl groups is 1. The molecule has 0 saturated heterocycles. The fourth-order valence-electron chi connectivity index (χ4n) is 1.38. The summed E-state index contributed by atoms with van der Waals surface area (Å²) in [6.07, 6.45) is 1.76. The highest BCUT2D eigenvalue weighted by Gasteiger charge is 2.09. The Kier molecular flexibility index (Phi) is 2.76. The monoisotopic (exact) mass is 219 g/mol. The van der Waals surface area contributed by atoms with Gasteiger partial charge in [-0.3, -0.25) is 0 Å². The van der Waals surface area contributed by atoms with E-state index in [1.165, 1.54) is 6.07 Å². The maximum absolute atomic E-state index is 9.29. The van der Waals surface area contributed by atoms with Crippen LogP contribution in [-0.4, -0.2) is 15.2 Å². The van der Waals surface area contributed by atoms with E-state index < -0.39 is 0 Å². The fraction of sp³-hybridized carbons (Fsp3) is 0.273. The van der Waals surface area contributed by atoms with Crippen molar-refractivity contribution in [1.82, 2.24) is 10.1 Å². The molecule has 5 nitrogen and oxygen atoms in total. The average molecular weight is 219 g/mol. The third-order valence-electron chi connectivity index (χ3n) is 2.22. The molecule has 2 aromatic rings. The zero-order valence-corrected chi connectivity index (χ0v) is 8.97. The lowest BCUT2D eigenvalue weighted by Crippen LogP contribution is -1.88. The van der Waals surface area contributed by atoms with E-state index in [-0.39, 0.29) is 5.75 Å². The number of hydrogen-bond acceptors (Lipinski definition) is 5. The highest BCUT2D eigenvalue weighted by Crippen LogP contribution is 2.26. The van der Waals surface area contributed by atoms with E-state index in [2.05, 4.69) is 17.1 Å². The molecule has 0 saturated carbocycles. The van der Waals surface area contributed by atoms with Crippen molar-refractivity contribution in [2.24, 2.45) is 0 Å². The first kappa shape index (κ1) is 10.5. The summed E-state index contributed by atoms with van der Waals surface area (Å²) in [6.45, 7) is 2.05. The largest absolute Gasteiger partial charge is 0.506 e. The van der Waals surface area contributed by atoms with Crippen LogP contribution in [0.1, 0.15) is 19.2 Å². The Morgan fingerprint density at radius 2 is 2.25 bits per heavy atom. The lowest BCUT2D eigenvalue weighted by Gasteiger charge is -1.99. The molecule has 0 aliphatic carbocycles. The van der Waals surface area contributed by atoms with Crippen molar-refractivity contribution in [2.75, 3.05) is 5.73 Å². The maximum Gasteiger partial charge on any atom is 0.257 e. The van der Waals surface area contributed by atoms with Gasteiger partial charge in [0.1, 0.15) is 5.75 Å². The van der Waals surface area contributed by atoms with Crippen molar-refractivity contribution in [2.45, 2.75) is 19.8 Å². The van der Waals surface area contributed by atoms with Gasteiger partial charge >= 0.3 is 0 Å². The van der Waals surface area contributed by atoms with Crippen LogP contribution in [0, 0.1) is 0 Å². The molecule has 84 valence electrons. The van der Waals surface area contributed by atoms with Crippen LogP contribution in [0.15, 0.2) is 22.7 Å². The number of nitrogen functional groups attached to an aromatic ring is 1. The van der Waals surface area contributed by atoms with Gasteiger partial charge in [-0.05, 0) is 24.6 Å². The van der Waals surface area contributed by atoms with Gasteiger partial charge in [-0.1, -0.05) is 12.1 Å². The molecule has 1 aromatic carbocycles.